The fourth-order valence-corrected chi connectivity index (χ4v) is 5.09. The third kappa shape index (κ3) is 5.89. The molecule has 38 heavy (non-hydrogen) atoms. The fourth-order valence-electron chi connectivity index (χ4n) is 4.40. The molecular weight excluding hydrogens is 502 g/mol. The number of nitrogens with zero attached hydrogens (tertiary/aromatic N) is 3. The summed E-state index contributed by atoms with van der Waals surface area (Å²) in [5, 5.41) is 8.15. The maximum Gasteiger partial charge on any atom is 0.264 e. The van der Waals surface area contributed by atoms with Crippen LogP contribution in [0.4, 0.5) is 0 Å². The third-order valence-electron chi connectivity index (χ3n) is 6.71. The average molecular weight is 536 g/mol. The highest BCUT2D eigenvalue weighted by Gasteiger charge is 2.35. The molecule has 1 unspecified atom stereocenters. The Balaban J connectivity index is 1.68. The fraction of sp³-hybridized carbons (Fsp3) is 0.345. The van der Waals surface area contributed by atoms with Crippen molar-refractivity contribution < 1.29 is 23.8 Å². The van der Waals surface area contributed by atoms with Crippen LogP contribution in [-0.2, 0) is 9.53 Å². The smallest absolute Gasteiger partial charge is 0.264 e. The summed E-state index contributed by atoms with van der Waals surface area (Å²) in [7, 11) is 4.74. The lowest BCUT2D eigenvalue weighted by atomic mass is 9.96. The lowest BCUT2D eigenvalue weighted by molar-refractivity contribution is -0.133. The van der Waals surface area contributed by atoms with Crippen molar-refractivity contribution in [2.45, 2.75) is 26.3 Å². The summed E-state index contributed by atoms with van der Waals surface area (Å²) in [5.41, 5.74) is 5.00. The summed E-state index contributed by atoms with van der Waals surface area (Å²) in [5.74, 6) is 0.705. The van der Waals surface area contributed by atoms with Crippen LogP contribution in [0.3, 0.4) is 0 Å². The highest BCUT2D eigenvalue weighted by molar-refractivity contribution is 7.12. The second-order valence-electron chi connectivity index (χ2n) is 9.12. The van der Waals surface area contributed by atoms with Crippen molar-refractivity contribution in [2.75, 3.05) is 41.0 Å². The van der Waals surface area contributed by atoms with Crippen LogP contribution >= 0.6 is 11.3 Å². The zero-order chi connectivity index (χ0) is 27.2. The normalized spacial score (nSPS) is 14.8. The lowest BCUT2D eigenvalue weighted by Gasteiger charge is -2.27. The Hall–Kier alpha value is -3.69. The van der Waals surface area contributed by atoms with Gasteiger partial charge in [0.05, 0.1) is 37.5 Å². The Labute approximate surface area is 227 Å². The number of hydrogen-bond acceptors (Lipinski definition) is 7. The molecule has 2 amide bonds. The molecule has 2 heterocycles. The molecule has 8 nitrogen and oxygen atoms in total. The molecule has 3 aromatic rings. The highest BCUT2D eigenvalue weighted by atomic mass is 32.1. The number of hydrazone groups is 1. The number of hydrogen-bond donors (Lipinski definition) is 0. The van der Waals surface area contributed by atoms with Crippen molar-refractivity contribution in [1.82, 2.24) is 9.91 Å². The summed E-state index contributed by atoms with van der Waals surface area (Å²) in [4.78, 5) is 29.0. The van der Waals surface area contributed by atoms with Gasteiger partial charge in [0.2, 0.25) is 0 Å². The van der Waals surface area contributed by atoms with E-state index in [1.165, 1.54) is 26.8 Å². The van der Waals surface area contributed by atoms with Crippen molar-refractivity contribution in [3.8, 4) is 11.5 Å². The number of methoxy groups -OCH3 is 3. The largest absolute Gasteiger partial charge is 0.493 e. The first-order valence-corrected chi connectivity index (χ1v) is 13.2. The molecule has 0 spiro atoms. The number of rotatable bonds is 10. The van der Waals surface area contributed by atoms with Crippen LogP contribution in [0.5, 0.6) is 11.5 Å². The van der Waals surface area contributed by atoms with Crippen molar-refractivity contribution in [3.05, 3.63) is 81.0 Å². The molecule has 0 bridgehead atoms. The highest BCUT2D eigenvalue weighted by Crippen LogP contribution is 2.37. The maximum absolute atomic E-state index is 13.8. The zero-order valence-electron chi connectivity index (χ0n) is 22.4. The molecule has 0 saturated heterocycles. The van der Waals surface area contributed by atoms with Crippen LogP contribution in [0.1, 0.15) is 44.4 Å². The quantitative estimate of drug-likeness (QED) is 0.371. The van der Waals surface area contributed by atoms with Gasteiger partial charge in [0.1, 0.15) is 6.54 Å². The number of aryl methyl sites for hydroxylation is 2. The van der Waals surface area contributed by atoms with E-state index in [0.717, 1.165) is 22.4 Å². The predicted molar refractivity (Wildman–Crippen MR) is 148 cm³/mol. The maximum atomic E-state index is 13.8. The van der Waals surface area contributed by atoms with Gasteiger partial charge >= 0.3 is 0 Å². The molecular formula is C29H33N3O5S. The van der Waals surface area contributed by atoms with Crippen LogP contribution in [0.25, 0.3) is 0 Å². The van der Waals surface area contributed by atoms with E-state index in [1.54, 1.807) is 27.4 Å². The second-order valence-corrected chi connectivity index (χ2v) is 10.1. The van der Waals surface area contributed by atoms with Gasteiger partial charge in [-0.3, -0.25) is 9.59 Å². The van der Waals surface area contributed by atoms with E-state index in [9.17, 15) is 9.59 Å². The average Bonchev–Trinajstić information content (AvgIpc) is 3.63. The van der Waals surface area contributed by atoms with Gasteiger partial charge in [0, 0.05) is 20.1 Å². The Morgan fingerprint density at radius 3 is 2.47 bits per heavy atom. The summed E-state index contributed by atoms with van der Waals surface area (Å²) in [6, 6.07) is 15.0. The molecule has 0 saturated carbocycles. The molecule has 1 atom stereocenters. The molecule has 0 aliphatic carbocycles. The number of carbonyl (C=O) groups excluding carboxylic acids is 2. The molecule has 1 aliphatic rings. The first-order valence-electron chi connectivity index (χ1n) is 12.4. The summed E-state index contributed by atoms with van der Waals surface area (Å²) >= 11 is 1.35. The van der Waals surface area contributed by atoms with Gasteiger partial charge in [-0.05, 0) is 65.7 Å². The third-order valence-corrected chi connectivity index (χ3v) is 7.57. The van der Waals surface area contributed by atoms with Gasteiger partial charge in [-0.25, -0.2) is 5.01 Å². The Morgan fingerprint density at radius 1 is 1.03 bits per heavy atom. The van der Waals surface area contributed by atoms with Crippen LogP contribution in [0, 0.1) is 13.8 Å². The Kier molecular flexibility index (Phi) is 8.81. The van der Waals surface area contributed by atoms with Crippen LogP contribution < -0.4 is 9.47 Å². The van der Waals surface area contributed by atoms with Gasteiger partial charge in [0.25, 0.3) is 11.8 Å². The molecule has 4 rings (SSSR count). The lowest BCUT2D eigenvalue weighted by Crippen LogP contribution is -2.42. The monoisotopic (exact) mass is 535 g/mol. The summed E-state index contributed by atoms with van der Waals surface area (Å²) in [6.07, 6.45) is 0.528. The predicted octanol–water partition coefficient (Wildman–Crippen LogP) is 4.85. The molecule has 0 radical (unpaired) electrons. The van der Waals surface area contributed by atoms with Gasteiger partial charge in [-0.2, -0.15) is 5.10 Å². The molecule has 1 aliphatic heterocycles. The molecule has 0 N–H and O–H groups in total. The van der Waals surface area contributed by atoms with E-state index in [2.05, 4.69) is 26.0 Å². The summed E-state index contributed by atoms with van der Waals surface area (Å²) in [6.45, 7) is 4.62. The molecule has 1 aromatic heterocycles. The van der Waals surface area contributed by atoms with Crippen molar-refractivity contribution in [2.24, 2.45) is 5.10 Å². The number of benzene rings is 2. The molecule has 0 fully saturated rings. The SMILES string of the molecule is COCCN(CC(=O)N1N=C(c2ccc(C)c(C)c2)CC1c1ccc(OC)c(OC)c1)C(=O)c1cccs1. The van der Waals surface area contributed by atoms with E-state index in [1.807, 2.05) is 35.7 Å². The first-order chi connectivity index (χ1) is 18.4. The Bertz CT molecular complexity index is 1320. The van der Waals surface area contributed by atoms with Gasteiger partial charge < -0.3 is 19.1 Å². The van der Waals surface area contributed by atoms with Gasteiger partial charge in [0.15, 0.2) is 11.5 Å². The minimum atomic E-state index is -0.361. The van der Waals surface area contributed by atoms with Crippen molar-refractivity contribution >= 4 is 28.9 Å². The number of thiophene rings is 1. The topological polar surface area (TPSA) is 80.7 Å². The standard InChI is InChI=1S/C29H33N3O5S/c1-19-8-9-21(15-20(19)2)23-17-24(22-10-11-25(36-4)26(16-22)37-5)32(30-23)28(33)18-31(12-13-35-3)29(34)27-7-6-14-38-27/h6-11,14-16,24H,12-13,17-18H2,1-5H3. The summed E-state index contributed by atoms with van der Waals surface area (Å²) < 4.78 is 16.1. The number of carbonyl (C=O) groups is 2. The zero-order valence-corrected chi connectivity index (χ0v) is 23.2. The van der Waals surface area contributed by atoms with Crippen LogP contribution in [0.15, 0.2) is 59.0 Å². The Morgan fingerprint density at radius 2 is 1.82 bits per heavy atom. The molecule has 9 heteroatoms. The molecule has 2 aromatic carbocycles. The van der Waals surface area contributed by atoms with E-state index in [0.29, 0.717) is 35.9 Å². The molecule has 200 valence electrons. The number of ether oxygens (including phenoxy) is 3. The van der Waals surface area contributed by atoms with E-state index in [4.69, 9.17) is 19.3 Å². The first kappa shape index (κ1) is 27.3. The van der Waals surface area contributed by atoms with Crippen molar-refractivity contribution in [1.29, 1.82) is 0 Å². The minimum Gasteiger partial charge on any atom is -0.493 e. The van der Waals surface area contributed by atoms with E-state index < -0.39 is 0 Å². The van der Waals surface area contributed by atoms with Crippen LogP contribution in [-0.4, -0.2) is 68.5 Å². The van der Waals surface area contributed by atoms with E-state index >= 15 is 0 Å². The van der Waals surface area contributed by atoms with Gasteiger partial charge in [-0.15, -0.1) is 11.3 Å². The van der Waals surface area contributed by atoms with Crippen molar-refractivity contribution in [3.63, 3.8) is 0 Å². The number of amides is 2. The van der Waals surface area contributed by atoms with Crippen LogP contribution in [0.2, 0.25) is 0 Å². The van der Waals surface area contributed by atoms with Gasteiger partial charge in [-0.1, -0.05) is 24.3 Å². The minimum absolute atomic E-state index is 0.117. The van der Waals surface area contributed by atoms with E-state index in [-0.39, 0.29) is 24.4 Å². The second kappa shape index (κ2) is 12.2.